The molecule has 0 fully saturated rings. The van der Waals surface area contributed by atoms with Crippen LogP contribution in [0.3, 0.4) is 0 Å². The molecule has 0 aliphatic rings. The maximum Gasteiger partial charge on any atom is 0.243 e. The van der Waals surface area contributed by atoms with Crippen molar-refractivity contribution < 1.29 is 4.79 Å². The number of rotatable bonds is 4. The third kappa shape index (κ3) is 5.31. The Labute approximate surface area is 61.7 Å². The van der Waals surface area contributed by atoms with Crippen molar-refractivity contribution in [3.8, 4) is 0 Å². The minimum atomic E-state index is -0.109. The van der Waals surface area contributed by atoms with Gasteiger partial charge in [-0.2, -0.15) is 0 Å². The first-order valence-corrected chi connectivity index (χ1v) is 3.22. The van der Waals surface area contributed by atoms with Gasteiger partial charge in [0.15, 0.2) is 0 Å². The molecule has 10 heavy (non-hydrogen) atoms. The fraction of sp³-hybridized carbons (Fsp3) is 0.571. The number of carbonyl (C=O) groups excluding carboxylic acids is 1. The van der Waals surface area contributed by atoms with Crippen LogP contribution < -0.4 is 5.32 Å². The van der Waals surface area contributed by atoms with Gasteiger partial charge in [-0.3, -0.25) is 4.79 Å². The molecule has 0 saturated carbocycles. The number of hydrogen-bond donors (Lipinski definition) is 1. The highest BCUT2D eigenvalue weighted by atomic mass is 16.1. The van der Waals surface area contributed by atoms with Crippen LogP contribution >= 0.6 is 0 Å². The molecule has 0 aromatic heterocycles. The Morgan fingerprint density at radius 1 is 1.70 bits per heavy atom. The SMILES string of the molecule is C=CC(=O)NCCN(C)C. The second kappa shape index (κ2) is 4.99. The van der Waals surface area contributed by atoms with E-state index in [0.717, 1.165) is 6.54 Å². The van der Waals surface area contributed by atoms with E-state index >= 15 is 0 Å². The number of amides is 1. The maximum absolute atomic E-state index is 10.5. The second-order valence-electron chi connectivity index (χ2n) is 2.30. The van der Waals surface area contributed by atoms with E-state index in [1.807, 2.05) is 19.0 Å². The van der Waals surface area contributed by atoms with E-state index in [9.17, 15) is 4.79 Å². The maximum atomic E-state index is 10.5. The van der Waals surface area contributed by atoms with Gasteiger partial charge >= 0.3 is 0 Å². The average molecular weight is 142 g/mol. The number of nitrogens with one attached hydrogen (secondary N) is 1. The zero-order chi connectivity index (χ0) is 7.98. The lowest BCUT2D eigenvalue weighted by Gasteiger charge is -2.08. The van der Waals surface area contributed by atoms with E-state index < -0.39 is 0 Å². The van der Waals surface area contributed by atoms with Crippen molar-refractivity contribution in [3.63, 3.8) is 0 Å². The molecule has 58 valence electrons. The van der Waals surface area contributed by atoms with E-state index in [0.29, 0.717) is 6.54 Å². The summed E-state index contributed by atoms with van der Waals surface area (Å²) in [5.74, 6) is -0.109. The van der Waals surface area contributed by atoms with Gasteiger partial charge in [-0.15, -0.1) is 0 Å². The molecular formula is C7H14N2O. The van der Waals surface area contributed by atoms with E-state index in [2.05, 4.69) is 11.9 Å². The number of nitrogens with zero attached hydrogens (tertiary/aromatic N) is 1. The third-order valence-corrected chi connectivity index (χ3v) is 1.04. The van der Waals surface area contributed by atoms with Gasteiger partial charge in [0.05, 0.1) is 0 Å². The summed E-state index contributed by atoms with van der Waals surface area (Å²) in [6.45, 7) is 4.87. The standard InChI is InChI=1S/C7H14N2O/c1-4-7(10)8-5-6-9(2)3/h4H,1,5-6H2,2-3H3,(H,8,10). The highest BCUT2D eigenvalue weighted by Gasteiger charge is 1.92. The van der Waals surface area contributed by atoms with Crippen molar-refractivity contribution in [2.75, 3.05) is 27.2 Å². The minimum absolute atomic E-state index is 0.109. The lowest BCUT2D eigenvalue weighted by atomic mass is 10.5. The molecule has 0 rings (SSSR count). The minimum Gasteiger partial charge on any atom is -0.351 e. The number of carbonyl (C=O) groups is 1. The van der Waals surface area contributed by atoms with Gasteiger partial charge in [0, 0.05) is 13.1 Å². The molecule has 0 aliphatic heterocycles. The molecule has 0 aliphatic carbocycles. The number of hydrogen-bond acceptors (Lipinski definition) is 2. The average Bonchev–Trinajstić information content (AvgIpc) is 1.87. The summed E-state index contributed by atoms with van der Waals surface area (Å²) >= 11 is 0. The molecule has 0 aromatic rings. The second-order valence-corrected chi connectivity index (χ2v) is 2.30. The summed E-state index contributed by atoms with van der Waals surface area (Å²) < 4.78 is 0. The summed E-state index contributed by atoms with van der Waals surface area (Å²) in [5, 5.41) is 2.66. The Bertz CT molecular complexity index is 121. The van der Waals surface area contributed by atoms with E-state index in [1.165, 1.54) is 6.08 Å². The van der Waals surface area contributed by atoms with Gasteiger partial charge in [-0.25, -0.2) is 0 Å². The topological polar surface area (TPSA) is 32.3 Å². The molecule has 0 spiro atoms. The van der Waals surface area contributed by atoms with Crippen molar-refractivity contribution in [1.82, 2.24) is 10.2 Å². The van der Waals surface area contributed by atoms with Crippen molar-refractivity contribution in [2.45, 2.75) is 0 Å². The van der Waals surface area contributed by atoms with Crippen molar-refractivity contribution in [1.29, 1.82) is 0 Å². The Hall–Kier alpha value is -0.830. The third-order valence-electron chi connectivity index (χ3n) is 1.04. The van der Waals surface area contributed by atoms with Gasteiger partial charge in [0.25, 0.3) is 0 Å². The molecule has 3 nitrogen and oxygen atoms in total. The fourth-order valence-electron chi connectivity index (χ4n) is 0.475. The van der Waals surface area contributed by atoms with Crippen molar-refractivity contribution in [3.05, 3.63) is 12.7 Å². The van der Waals surface area contributed by atoms with Crippen LogP contribution in [0.25, 0.3) is 0 Å². The molecule has 3 heteroatoms. The molecular weight excluding hydrogens is 128 g/mol. The Balaban J connectivity index is 3.19. The highest BCUT2D eigenvalue weighted by molar-refractivity contribution is 5.86. The Morgan fingerprint density at radius 3 is 2.70 bits per heavy atom. The van der Waals surface area contributed by atoms with E-state index in [1.54, 1.807) is 0 Å². The zero-order valence-electron chi connectivity index (χ0n) is 6.55. The van der Waals surface area contributed by atoms with Crippen LogP contribution in [0.5, 0.6) is 0 Å². The van der Waals surface area contributed by atoms with Gasteiger partial charge in [-0.1, -0.05) is 6.58 Å². The van der Waals surface area contributed by atoms with Gasteiger partial charge in [0.1, 0.15) is 0 Å². The van der Waals surface area contributed by atoms with Crippen LogP contribution in [0, 0.1) is 0 Å². The van der Waals surface area contributed by atoms with Crippen molar-refractivity contribution in [2.24, 2.45) is 0 Å². The van der Waals surface area contributed by atoms with Gasteiger partial charge in [-0.05, 0) is 20.2 Å². The summed E-state index contributed by atoms with van der Waals surface area (Å²) in [4.78, 5) is 12.5. The first-order chi connectivity index (χ1) is 4.66. The van der Waals surface area contributed by atoms with Crippen LogP contribution in [0.15, 0.2) is 12.7 Å². The summed E-state index contributed by atoms with van der Waals surface area (Å²) in [6.07, 6.45) is 1.27. The first kappa shape index (κ1) is 9.17. The Morgan fingerprint density at radius 2 is 2.30 bits per heavy atom. The monoisotopic (exact) mass is 142 g/mol. The lowest BCUT2D eigenvalue weighted by molar-refractivity contribution is -0.116. The first-order valence-electron chi connectivity index (χ1n) is 3.22. The molecule has 0 radical (unpaired) electrons. The number of likely N-dealkylation sites (N-methyl/N-ethyl adjacent to an activating group) is 1. The van der Waals surface area contributed by atoms with Crippen LogP contribution in [0.2, 0.25) is 0 Å². The summed E-state index contributed by atoms with van der Waals surface area (Å²) in [7, 11) is 3.92. The van der Waals surface area contributed by atoms with Gasteiger partial charge < -0.3 is 10.2 Å². The van der Waals surface area contributed by atoms with Crippen LogP contribution in [0.4, 0.5) is 0 Å². The highest BCUT2D eigenvalue weighted by Crippen LogP contribution is 1.71. The zero-order valence-corrected chi connectivity index (χ0v) is 6.55. The van der Waals surface area contributed by atoms with Crippen LogP contribution in [0.1, 0.15) is 0 Å². The summed E-state index contributed by atoms with van der Waals surface area (Å²) in [6, 6.07) is 0. The Kier molecular flexibility index (Phi) is 4.58. The predicted molar refractivity (Wildman–Crippen MR) is 41.8 cm³/mol. The molecule has 1 N–H and O–H groups in total. The van der Waals surface area contributed by atoms with Crippen molar-refractivity contribution >= 4 is 5.91 Å². The predicted octanol–water partition coefficient (Wildman–Crippen LogP) is -0.150. The quantitative estimate of drug-likeness (QED) is 0.554. The lowest BCUT2D eigenvalue weighted by Crippen LogP contribution is -2.29. The smallest absolute Gasteiger partial charge is 0.243 e. The molecule has 1 amide bonds. The normalized spacial score (nSPS) is 9.50. The fourth-order valence-corrected chi connectivity index (χ4v) is 0.475. The van der Waals surface area contributed by atoms with E-state index in [4.69, 9.17) is 0 Å². The van der Waals surface area contributed by atoms with Crippen LogP contribution in [-0.2, 0) is 4.79 Å². The van der Waals surface area contributed by atoms with Gasteiger partial charge in [0.2, 0.25) is 5.91 Å². The van der Waals surface area contributed by atoms with E-state index in [-0.39, 0.29) is 5.91 Å². The molecule has 0 unspecified atom stereocenters. The molecule has 0 atom stereocenters. The molecule has 0 aromatic carbocycles. The van der Waals surface area contributed by atoms with Crippen LogP contribution in [-0.4, -0.2) is 38.0 Å². The molecule has 0 heterocycles. The molecule has 0 bridgehead atoms. The summed E-state index contributed by atoms with van der Waals surface area (Å²) in [5.41, 5.74) is 0. The largest absolute Gasteiger partial charge is 0.351 e. The molecule has 0 saturated heterocycles.